The summed E-state index contributed by atoms with van der Waals surface area (Å²) >= 11 is 0. The molecule has 0 fully saturated rings. The van der Waals surface area contributed by atoms with E-state index in [4.69, 9.17) is 19.9 Å². The first-order valence-electron chi connectivity index (χ1n) is 40.8. The Hall–Kier alpha value is -16.2. The first-order chi connectivity index (χ1) is 59.5. The summed E-state index contributed by atoms with van der Waals surface area (Å²) in [5.41, 5.74) is 28.6. The van der Waals surface area contributed by atoms with E-state index in [9.17, 15) is 0 Å². The Labute approximate surface area is 692 Å². The fraction of sp³-hybridized carbons (Fsp3) is 0. The van der Waals surface area contributed by atoms with Crippen molar-refractivity contribution in [3.8, 4) is 113 Å². The molecule has 0 unspecified atom stereocenters. The number of hydrogen-bond acceptors (Lipinski definition) is 4. The summed E-state index contributed by atoms with van der Waals surface area (Å²) in [4.78, 5) is 20.5. The van der Waals surface area contributed by atoms with Crippen molar-refractivity contribution in [3.63, 3.8) is 0 Å². The quantitative estimate of drug-likeness (QED) is 0.122. The monoisotopic (exact) mass is 1530 g/mol. The van der Waals surface area contributed by atoms with Crippen LogP contribution in [-0.4, -0.2) is 38.2 Å². The highest BCUT2D eigenvalue weighted by molar-refractivity contribution is 6.15. The summed E-state index contributed by atoms with van der Waals surface area (Å²) < 4.78 is 9.50. The zero-order chi connectivity index (χ0) is 79.1. The minimum absolute atomic E-state index is 0.708. The summed E-state index contributed by atoms with van der Waals surface area (Å²) in [5.74, 6) is 1.42. The molecule has 0 amide bonds. The average molecular weight is 1530 g/mol. The van der Waals surface area contributed by atoms with Crippen LogP contribution >= 0.6 is 0 Å². The summed E-state index contributed by atoms with van der Waals surface area (Å²) in [7, 11) is 0. The van der Waals surface area contributed by atoms with E-state index in [1.807, 2.05) is 24.3 Å². The smallest absolute Gasteiger partial charge is 0.160 e. The van der Waals surface area contributed by atoms with Crippen LogP contribution < -0.4 is 0 Å². The van der Waals surface area contributed by atoms with Gasteiger partial charge in [-0.25, -0.2) is 19.9 Å². The van der Waals surface area contributed by atoms with Gasteiger partial charge in [0.05, 0.1) is 66.9 Å². The van der Waals surface area contributed by atoms with Gasteiger partial charge in [0.1, 0.15) is 0 Å². The molecule has 0 radical (unpaired) electrons. The van der Waals surface area contributed by atoms with Gasteiger partial charge in [-0.2, -0.15) is 0 Å². The molecule has 24 aromatic rings. The standard InChI is InChI=1S/2C56H36N4/c1-3-14-39(15-4-1)56-57-50(36-51(58-56)43-24-23-37-13-7-8-16-40(37)33-43)38-25-29-45(30-26-38)60-53-22-12-10-20-47(53)49-35-42(28-32-55(49)60)41-27-31-54-48(34-41)46-19-9-11-21-52(46)59(54)44-17-5-2-6-18-44;1-3-14-38(15-4-1)50-36-51(58-56(57-50)43-24-23-37-13-7-8-16-40(37)33-43)39-25-29-45(30-26-39)60-53-22-12-10-20-47(53)49-35-42(28-32-55(49)60)41-27-31-54-48(34-41)46-19-9-11-21-52(46)59(54)44-17-5-2-6-18-44/h2*1-36H. The molecule has 0 atom stereocenters. The predicted molar refractivity (Wildman–Crippen MR) is 500 cm³/mol. The number of rotatable bonds is 12. The summed E-state index contributed by atoms with van der Waals surface area (Å²) in [5, 5.41) is 14.7. The van der Waals surface area contributed by atoms with Crippen molar-refractivity contribution >= 4 is 109 Å². The molecule has 0 bridgehead atoms. The van der Waals surface area contributed by atoms with Crippen molar-refractivity contribution in [1.82, 2.24) is 38.2 Å². The Morgan fingerprint density at radius 2 is 0.375 bits per heavy atom. The number of fused-ring (bicyclic) bond motifs is 14. The minimum Gasteiger partial charge on any atom is -0.309 e. The van der Waals surface area contributed by atoms with E-state index in [0.29, 0.717) is 11.6 Å². The summed E-state index contributed by atoms with van der Waals surface area (Å²) in [6.45, 7) is 0. The lowest BCUT2D eigenvalue weighted by atomic mass is 10.0. The Morgan fingerprint density at radius 3 is 0.742 bits per heavy atom. The van der Waals surface area contributed by atoms with E-state index in [1.54, 1.807) is 0 Å². The number of benzene rings is 18. The summed E-state index contributed by atoms with van der Waals surface area (Å²) in [6, 6.07) is 156. The van der Waals surface area contributed by atoms with Crippen molar-refractivity contribution in [3.05, 3.63) is 437 Å². The van der Waals surface area contributed by atoms with Crippen molar-refractivity contribution < 1.29 is 0 Å². The van der Waals surface area contributed by atoms with Crippen LogP contribution in [0.5, 0.6) is 0 Å². The normalized spacial score (nSPS) is 11.7. The van der Waals surface area contributed by atoms with Gasteiger partial charge in [0.15, 0.2) is 11.6 Å². The van der Waals surface area contributed by atoms with Crippen LogP contribution in [0.2, 0.25) is 0 Å². The zero-order valence-electron chi connectivity index (χ0n) is 65.1. The highest BCUT2D eigenvalue weighted by atomic mass is 15.0. The van der Waals surface area contributed by atoms with Gasteiger partial charge in [0.25, 0.3) is 0 Å². The average Bonchev–Trinajstić information content (AvgIpc) is 1.93. The molecule has 6 aromatic heterocycles. The van der Waals surface area contributed by atoms with E-state index in [0.717, 1.165) is 67.5 Å². The molecule has 6 heterocycles. The van der Waals surface area contributed by atoms with Crippen molar-refractivity contribution in [2.75, 3.05) is 0 Å². The fourth-order valence-electron chi connectivity index (χ4n) is 18.1. The maximum absolute atomic E-state index is 5.17. The van der Waals surface area contributed by atoms with Crippen LogP contribution in [0.4, 0.5) is 0 Å². The number of aromatic nitrogens is 8. The number of hydrogen-bond donors (Lipinski definition) is 0. The molecule has 18 aromatic carbocycles. The van der Waals surface area contributed by atoms with Gasteiger partial charge < -0.3 is 18.3 Å². The SMILES string of the molecule is c1ccc(-c2cc(-c3ccc(-n4c5ccccc5c5cc(-c6ccc7c(c6)c6ccccc6n7-c6ccccc6)ccc54)cc3)nc(-c3ccc4ccccc4c3)n2)cc1.c1ccc(-c2nc(-c3ccc(-n4c5ccccc5c5cc(-c6ccc7c(c6)c6ccccc6n7-c6ccccc6)ccc54)cc3)cc(-c3ccc4ccccc4c3)n2)cc1. The van der Waals surface area contributed by atoms with E-state index in [1.165, 1.54) is 142 Å². The molecule has 24 rings (SSSR count). The molecule has 0 aliphatic heterocycles. The van der Waals surface area contributed by atoms with Gasteiger partial charge in [0.2, 0.25) is 0 Å². The highest BCUT2D eigenvalue weighted by Crippen LogP contribution is 2.43. The van der Waals surface area contributed by atoms with Crippen LogP contribution in [0.3, 0.4) is 0 Å². The largest absolute Gasteiger partial charge is 0.309 e. The number of nitrogens with zero attached hydrogens (tertiary/aromatic N) is 8. The van der Waals surface area contributed by atoms with E-state index in [-0.39, 0.29) is 0 Å². The second kappa shape index (κ2) is 29.0. The fourth-order valence-corrected chi connectivity index (χ4v) is 18.1. The van der Waals surface area contributed by atoms with Crippen molar-refractivity contribution in [1.29, 1.82) is 0 Å². The third kappa shape index (κ3) is 12.2. The third-order valence-electron chi connectivity index (χ3n) is 23.8. The maximum Gasteiger partial charge on any atom is 0.160 e. The second-order valence-corrected chi connectivity index (χ2v) is 30.9. The maximum atomic E-state index is 5.17. The molecule has 8 heteroatoms. The van der Waals surface area contributed by atoms with Gasteiger partial charge in [0, 0.05) is 99.2 Å². The molecule has 120 heavy (non-hydrogen) atoms. The Bertz CT molecular complexity index is 7640. The lowest BCUT2D eigenvalue weighted by Crippen LogP contribution is -1.97. The second-order valence-electron chi connectivity index (χ2n) is 30.9. The molecule has 0 spiro atoms. The third-order valence-corrected chi connectivity index (χ3v) is 23.8. The minimum atomic E-state index is 0.708. The molecular formula is C112H72N8. The zero-order valence-corrected chi connectivity index (χ0v) is 65.1. The van der Waals surface area contributed by atoms with E-state index >= 15 is 0 Å². The Morgan fingerprint density at radius 1 is 0.133 bits per heavy atom. The number of para-hydroxylation sites is 6. The van der Waals surface area contributed by atoms with Gasteiger partial charge in [-0.05, 0) is 189 Å². The van der Waals surface area contributed by atoms with Gasteiger partial charge >= 0.3 is 0 Å². The lowest BCUT2D eigenvalue weighted by Gasteiger charge is -2.12. The van der Waals surface area contributed by atoms with E-state index in [2.05, 4.69) is 431 Å². The molecule has 0 N–H and O–H groups in total. The van der Waals surface area contributed by atoms with Crippen molar-refractivity contribution in [2.24, 2.45) is 0 Å². The molecule has 0 saturated carbocycles. The highest BCUT2D eigenvalue weighted by Gasteiger charge is 2.22. The molecule has 8 nitrogen and oxygen atoms in total. The molecular weight excluding hydrogens is 1460 g/mol. The van der Waals surface area contributed by atoms with Gasteiger partial charge in [-0.1, -0.05) is 291 Å². The van der Waals surface area contributed by atoms with Crippen LogP contribution in [0.15, 0.2) is 437 Å². The van der Waals surface area contributed by atoms with Crippen LogP contribution in [0.25, 0.3) is 222 Å². The first kappa shape index (κ1) is 69.4. The predicted octanol–water partition coefficient (Wildman–Crippen LogP) is 29.0. The Balaban J connectivity index is 0.000000140. The summed E-state index contributed by atoms with van der Waals surface area (Å²) in [6.07, 6.45) is 0. The molecule has 560 valence electrons. The molecule has 0 saturated heterocycles. The van der Waals surface area contributed by atoms with Crippen molar-refractivity contribution in [2.45, 2.75) is 0 Å². The molecule has 0 aliphatic rings. The van der Waals surface area contributed by atoms with Gasteiger partial charge in [-0.3, -0.25) is 0 Å². The molecule has 0 aliphatic carbocycles. The Kier molecular flexibility index (Phi) is 16.7. The van der Waals surface area contributed by atoms with E-state index < -0.39 is 0 Å². The van der Waals surface area contributed by atoms with Gasteiger partial charge in [-0.15, -0.1) is 0 Å². The first-order valence-corrected chi connectivity index (χ1v) is 40.8. The van der Waals surface area contributed by atoms with Crippen LogP contribution in [0, 0.1) is 0 Å². The topological polar surface area (TPSA) is 71.3 Å². The van der Waals surface area contributed by atoms with Crippen LogP contribution in [0.1, 0.15) is 0 Å². The lowest BCUT2D eigenvalue weighted by molar-refractivity contribution is 1.17. The van der Waals surface area contributed by atoms with Crippen LogP contribution in [-0.2, 0) is 0 Å².